The van der Waals surface area contributed by atoms with Crippen LogP contribution in [-0.4, -0.2) is 66.2 Å². The highest BCUT2D eigenvalue weighted by atomic mass is 16.5. The van der Waals surface area contributed by atoms with Gasteiger partial charge in [0.15, 0.2) is 11.6 Å². The minimum absolute atomic E-state index is 0.124. The third-order valence-electron chi connectivity index (χ3n) is 6.11. The van der Waals surface area contributed by atoms with Crippen LogP contribution < -0.4 is 20.7 Å². The van der Waals surface area contributed by atoms with Gasteiger partial charge < -0.3 is 25.4 Å². The molecule has 0 bridgehead atoms. The first-order valence-electron chi connectivity index (χ1n) is 11.6. The topological polar surface area (TPSA) is 115 Å². The van der Waals surface area contributed by atoms with Gasteiger partial charge in [0.1, 0.15) is 17.5 Å². The lowest BCUT2D eigenvalue weighted by Gasteiger charge is -2.30. The largest absolute Gasteiger partial charge is 0.489 e. The summed E-state index contributed by atoms with van der Waals surface area (Å²) in [6.07, 6.45) is 6.40. The lowest BCUT2D eigenvalue weighted by molar-refractivity contribution is 0.0988. The first kappa shape index (κ1) is 22.2. The van der Waals surface area contributed by atoms with Crippen LogP contribution in [0.4, 0.5) is 11.5 Å². The molecule has 1 aromatic carbocycles. The number of nitrogens with two attached hydrogens (primary N) is 1. The fourth-order valence-electron chi connectivity index (χ4n) is 4.29. The zero-order valence-corrected chi connectivity index (χ0v) is 18.9. The Morgan fingerprint density at radius 3 is 2.76 bits per heavy atom. The van der Waals surface area contributed by atoms with Crippen LogP contribution in [-0.2, 0) is 11.2 Å². The number of nitrogen functional groups attached to an aromatic ring is 1. The number of morpholine rings is 1. The van der Waals surface area contributed by atoms with Gasteiger partial charge >= 0.3 is 0 Å². The highest BCUT2D eigenvalue weighted by Gasteiger charge is 2.20. The molecule has 5 rings (SSSR count). The molecule has 1 unspecified atom stereocenters. The number of pyridine rings is 1. The molecule has 3 aromatic rings. The number of ether oxygens (including phenoxy) is 2. The van der Waals surface area contributed by atoms with E-state index in [1.54, 1.807) is 18.6 Å². The van der Waals surface area contributed by atoms with Crippen molar-refractivity contribution in [1.82, 2.24) is 20.3 Å². The van der Waals surface area contributed by atoms with E-state index in [1.165, 1.54) is 0 Å². The van der Waals surface area contributed by atoms with Crippen LogP contribution in [0.5, 0.6) is 5.75 Å². The maximum Gasteiger partial charge on any atom is 0.189 e. The van der Waals surface area contributed by atoms with E-state index < -0.39 is 0 Å². The molecule has 0 saturated carbocycles. The first-order chi connectivity index (χ1) is 16.7. The van der Waals surface area contributed by atoms with Gasteiger partial charge in [0.05, 0.1) is 25.1 Å². The molecule has 9 nitrogen and oxygen atoms in total. The number of hydrogen-bond donors (Lipinski definition) is 2. The molecule has 2 aliphatic rings. The van der Waals surface area contributed by atoms with E-state index in [4.69, 9.17) is 15.2 Å². The molecule has 2 aromatic heterocycles. The number of aromatic nitrogens is 3. The SMILES string of the molecule is Nc1ncc(-c2ccc(OC3CCNC3)cc2)nc1C(=O)Cc1cnccc1N1CCOCC1. The fraction of sp³-hybridized carbons (Fsp3) is 0.360. The monoisotopic (exact) mass is 460 g/mol. The van der Waals surface area contributed by atoms with E-state index in [0.29, 0.717) is 18.9 Å². The van der Waals surface area contributed by atoms with Gasteiger partial charge in [-0.05, 0) is 43.3 Å². The summed E-state index contributed by atoms with van der Waals surface area (Å²) in [5.74, 6) is 0.742. The Balaban J connectivity index is 1.33. The number of anilines is 2. The average Bonchev–Trinajstić information content (AvgIpc) is 3.39. The third-order valence-corrected chi connectivity index (χ3v) is 6.11. The fourth-order valence-corrected chi connectivity index (χ4v) is 4.29. The summed E-state index contributed by atoms with van der Waals surface area (Å²) in [7, 11) is 0. The molecule has 2 fully saturated rings. The van der Waals surface area contributed by atoms with Crippen molar-refractivity contribution < 1.29 is 14.3 Å². The highest BCUT2D eigenvalue weighted by Crippen LogP contribution is 2.25. The number of ketones is 1. The smallest absolute Gasteiger partial charge is 0.189 e. The van der Waals surface area contributed by atoms with Gasteiger partial charge in [-0.15, -0.1) is 0 Å². The summed E-state index contributed by atoms with van der Waals surface area (Å²) in [6.45, 7) is 4.72. The van der Waals surface area contributed by atoms with E-state index in [2.05, 4.69) is 25.2 Å². The molecule has 4 heterocycles. The maximum absolute atomic E-state index is 13.2. The third kappa shape index (κ3) is 5.00. The molecule has 0 amide bonds. The predicted molar refractivity (Wildman–Crippen MR) is 129 cm³/mol. The van der Waals surface area contributed by atoms with Crippen molar-refractivity contribution in [3.63, 3.8) is 0 Å². The highest BCUT2D eigenvalue weighted by molar-refractivity contribution is 6.00. The molecule has 9 heteroatoms. The Labute approximate surface area is 198 Å². The number of Topliss-reactive ketones (excluding diaryl/α,β-unsaturated/α-hetero) is 1. The molecule has 0 aliphatic carbocycles. The summed E-state index contributed by atoms with van der Waals surface area (Å²) in [5.41, 5.74) is 9.48. The lowest BCUT2D eigenvalue weighted by atomic mass is 10.1. The van der Waals surface area contributed by atoms with Gasteiger partial charge in [0.2, 0.25) is 0 Å². The quantitative estimate of drug-likeness (QED) is 0.512. The molecular formula is C25H28N6O3. The zero-order chi connectivity index (χ0) is 23.3. The van der Waals surface area contributed by atoms with Crippen molar-refractivity contribution in [3.05, 3.63) is 60.2 Å². The second kappa shape index (κ2) is 10.1. The Hall–Kier alpha value is -3.56. The van der Waals surface area contributed by atoms with Gasteiger partial charge in [-0.3, -0.25) is 9.78 Å². The van der Waals surface area contributed by atoms with Crippen molar-refractivity contribution in [3.8, 4) is 17.0 Å². The molecule has 176 valence electrons. The summed E-state index contributed by atoms with van der Waals surface area (Å²) < 4.78 is 11.4. The number of benzene rings is 1. The summed E-state index contributed by atoms with van der Waals surface area (Å²) in [5, 5.41) is 3.29. The van der Waals surface area contributed by atoms with Crippen molar-refractivity contribution in [2.24, 2.45) is 0 Å². The van der Waals surface area contributed by atoms with Gasteiger partial charge in [-0.25, -0.2) is 9.97 Å². The van der Waals surface area contributed by atoms with Crippen molar-refractivity contribution >= 4 is 17.3 Å². The van der Waals surface area contributed by atoms with E-state index >= 15 is 0 Å². The standard InChI is InChI=1S/C25H28N6O3/c26-25-24(23(32)13-18-14-27-8-6-22(18)31-9-11-33-12-10-31)30-21(16-29-25)17-1-3-19(4-2-17)34-20-5-7-28-15-20/h1-4,6,8,14,16,20,28H,5,7,9-13,15H2,(H2,26,29). The van der Waals surface area contributed by atoms with Crippen LogP contribution in [0.2, 0.25) is 0 Å². The number of rotatable bonds is 7. The van der Waals surface area contributed by atoms with Crippen LogP contribution in [0, 0.1) is 0 Å². The van der Waals surface area contributed by atoms with E-state index in [-0.39, 0.29) is 29.8 Å². The van der Waals surface area contributed by atoms with Crippen LogP contribution in [0.1, 0.15) is 22.5 Å². The Morgan fingerprint density at radius 1 is 1.18 bits per heavy atom. The molecule has 34 heavy (non-hydrogen) atoms. The van der Waals surface area contributed by atoms with Crippen LogP contribution >= 0.6 is 0 Å². The summed E-state index contributed by atoms with van der Waals surface area (Å²) >= 11 is 0. The molecule has 0 spiro atoms. The average molecular weight is 461 g/mol. The number of hydrogen-bond acceptors (Lipinski definition) is 9. The number of nitrogens with one attached hydrogen (secondary N) is 1. The molecule has 0 radical (unpaired) electrons. The summed E-state index contributed by atoms with van der Waals surface area (Å²) in [4.78, 5) is 28.5. The second-order valence-electron chi connectivity index (χ2n) is 8.45. The first-order valence-corrected chi connectivity index (χ1v) is 11.6. The van der Waals surface area contributed by atoms with Crippen LogP contribution in [0.3, 0.4) is 0 Å². The molecule has 1 atom stereocenters. The van der Waals surface area contributed by atoms with Gasteiger partial charge in [0, 0.05) is 55.3 Å². The van der Waals surface area contributed by atoms with Crippen molar-refractivity contribution in [1.29, 1.82) is 0 Å². The van der Waals surface area contributed by atoms with Crippen molar-refractivity contribution in [2.45, 2.75) is 18.9 Å². The van der Waals surface area contributed by atoms with E-state index in [1.807, 2.05) is 30.3 Å². The maximum atomic E-state index is 13.2. The minimum Gasteiger partial charge on any atom is -0.489 e. The number of carbonyl (C=O) groups is 1. The van der Waals surface area contributed by atoms with Gasteiger partial charge in [0.25, 0.3) is 0 Å². The molecule has 3 N–H and O–H groups in total. The molecule has 2 aliphatic heterocycles. The normalized spacial score (nSPS) is 18.1. The molecular weight excluding hydrogens is 432 g/mol. The zero-order valence-electron chi connectivity index (χ0n) is 18.9. The lowest BCUT2D eigenvalue weighted by Crippen LogP contribution is -2.37. The van der Waals surface area contributed by atoms with Gasteiger partial charge in [-0.1, -0.05) is 0 Å². The van der Waals surface area contributed by atoms with E-state index in [0.717, 1.165) is 55.2 Å². The van der Waals surface area contributed by atoms with Gasteiger partial charge in [-0.2, -0.15) is 0 Å². The Kier molecular flexibility index (Phi) is 6.64. The van der Waals surface area contributed by atoms with Crippen LogP contribution in [0.15, 0.2) is 48.9 Å². The summed E-state index contributed by atoms with van der Waals surface area (Å²) in [6, 6.07) is 9.60. The van der Waals surface area contributed by atoms with E-state index in [9.17, 15) is 4.79 Å². The number of nitrogens with zero attached hydrogens (tertiary/aromatic N) is 4. The van der Waals surface area contributed by atoms with Crippen molar-refractivity contribution in [2.75, 3.05) is 50.0 Å². The predicted octanol–water partition coefficient (Wildman–Crippen LogP) is 2.12. The molecule has 2 saturated heterocycles. The van der Waals surface area contributed by atoms with Crippen LogP contribution in [0.25, 0.3) is 11.3 Å². The second-order valence-corrected chi connectivity index (χ2v) is 8.45. The Morgan fingerprint density at radius 2 is 2.00 bits per heavy atom. The Bertz CT molecular complexity index is 1140. The number of carbonyl (C=O) groups excluding carboxylic acids is 1. The minimum atomic E-state index is -0.192.